The molecule has 1 fully saturated rings. The molecule has 0 heterocycles. The highest BCUT2D eigenvalue weighted by Crippen LogP contribution is 2.27. The van der Waals surface area contributed by atoms with Gasteiger partial charge in [-0.2, -0.15) is 0 Å². The van der Waals surface area contributed by atoms with E-state index in [0.29, 0.717) is 12.8 Å². The first-order chi connectivity index (χ1) is 9.29. The van der Waals surface area contributed by atoms with Crippen LogP contribution in [0.25, 0.3) is 0 Å². The van der Waals surface area contributed by atoms with Gasteiger partial charge in [0.05, 0.1) is 16.6 Å². The smallest absolute Gasteiger partial charge is 0.337 e. The largest absolute Gasteiger partial charge is 0.478 e. The fourth-order valence-corrected chi connectivity index (χ4v) is 3.42. The van der Waals surface area contributed by atoms with Crippen LogP contribution in [0.4, 0.5) is 5.69 Å². The third-order valence-corrected chi connectivity index (χ3v) is 4.78. The summed E-state index contributed by atoms with van der Waals surface area (Å²) in [5, 5.41) is 18.2. The first-order valence-electron chi connectivity index (χ1n) is 6.10. The van der Waals surface area contributed by atoms with Crippen LogP contribution in [0.15, 0.2) is 23.1 Å². The molecule has 5 N–H and O–H groups in total. The molecule has 7 nitrogen and oxygen atoms in total. The van der Waals surface area contributed by atoms with Crippen molar-refractivity contribution in [1.82, 2.24) is 4.72 Å². The Balaban J connectivity index is 2.18. The number of nitrogen functional groups attached to an aromatic ring is 1. The SMILES string of the molecule is Nc1ccc(S(=O)(=O)NCC2CC(O)C2)c(C(=O)O)c1. The number of benzene rings is 1. The Kier molecular flexibility index (Phi) is 3.98. The monoisotopic (exact) mass is 300 g/mol. The van der Waals surface area contributed by atoms with Crippen molar-refractivity contribution in [2.45, 2.75) is 23.8 Å². The summed E-state index contributed by atoms with van der Waals surface area (Å²) in [6, 6.07) is 3.63. The fourth-order valence-electron chi connectivity index (χ4n) is 2.12. The summed E-state index contributed by atoms with van der Waals surface area (Å²) in [4.78, 5) is 10.8. The first kappa shape index (κ1) is 14.8. The normalized spacial score (nSPS) is 22.2. The molecule has 2 rings (SSSR count). The maximum Gasteiger partial charge on any atom is 0.337 e. The Morgan fingerprint density at radius 1 is 1.40 bits per heavy atom. The number of nitrogens with one attached hydrogen (secondary N) is 1. The standard InChI is InChI=1S/C12H16N2O5S/c13-8-1-2-11(10(5-8)12(16)17)20(18,19)14-6-7-3-9(15)4-7/h1-2,5,7,9,14-15H,3-4,6,13H2,(H,16,17). The Labute approximate surface area is 116 Å². The highest BCUT2D eigenvalue weighted by atomic mass is 32.2. The molecule has 0 bridgehead atoms. The van der Waals surface area contributed by atoms with E-state index in [1.165, 1.54) is 12.1 Å². The zero-order valence-electron chi connectivity index (χ0n) is 10.6. The predicted octanol–water partition coefficient (Wildman–Crippen LogP) is 0.0162. The van der Waals surface area contributed by atoms with Crippen LogP contribution in [0, 0.1) is 5.92 Å². The van der Waals surface area contributed by atoms with Crippen LogP contribution in [0.1, 0.15) is 23.2 Å². The molecule has 1 aliphatic carbocycles. The lowest BCUT2D eigenvalue weighted by atomic mass is 9.83. The van der Waals surface area contributed by atoms with E-state index in [1.807, 2.05) is 0 Å². The van der Waals surface area contributed by atoms with Crippen molar-refractivity contribution in [3.05, 3.63) is 23.8 Å². The lowest BCUT2D eigenvalue weighted by Gasteiger charge is -2.31. The number of rotatable bonds is 5. The summed E-state index contributed by atoms with van der Waals surface area (Å²) in [6.07, 6.45) is 0.738. The Bertz CT molecular complexity index is 623. The van der Waals surface area contributed by atoms with Gasteiger partial charge in [-0.1, -0.05) is 0 Å². The van der Waals surface area contributed by atoms with E-state index in [1.54, 1.807) is 0 Å². The number of aliphatic hydroxyl groups excluding tert-OH is 1. The second-order valence-electron chi connectivity index (χ2n) is 4.90. The van der Waals surface area contributed by atoms with Gasteiger partial charge < -0.3 is 15.9 Å². The molecule has 0 unspecified atom stereocenters. The van der Waals surface area contributed by atoms with Crippen LogP contribution < -0.4 is 10.5 Å². The van der Waals surface area contributed by atoms with E-state index >= 15 is 0 Å². The van der Waals surface area contributed by atoms with Crippen molar-refractivity contribution >= 4 is 21.7 Å². The minimum Gasteiger partial charge on any atom is -0.478 e. The summed E-state index contributed by atoms with van der Waals surface area (Å²) in [7, 11) is -3.91. The van der Waals surface area contributed by atoms with E-state index in [4.69, 9.17) is 15.9 Å². The maximum atomic E-state index is 12.1. The van der Waals surface area contributed by atoms with Gasteiger partial charge >= 0.3 is 5.97 Å². The van der Waals surface area contributed by atoms with Gasteiger partial charge in [0.15, 0.2) is 0 Å². The molecule has 0 atom stereocenters. The number of sulfonamides is 1. The average Bonchev–Trinajstić information content (AvgIpc) is 2.32. The number of carboxylic acids is 1. The third-order valence-electron chi connectivity index (χ3n) is 3.30. The van der Waals surface area contributed by atoms with Crippen LogP contribution >= 0.6 is 0 Å². The Morgan fingerprint density at radius 2 is 2.05 bits per heavy atom. The number of aliphatic hydroxyl groups is 1. The van der Waals surface area contributed by atoms with E-state index in [0.717, 1.165) is 6.07 Å². The number of nitrogens with two attached hydrogens (primary N) is 1. The van der Waals surface area contributed by atoms with Crippen LogP contribution in [0.3, 0.4) is 0 Å². The zero-order valence-corrected chi connectivity index (χ0v) is 11.4. The predicted molar refractivity (Wildman–Crippen MR) is 71.7 cm³/mol. The van der Waals surface area contributed by atoms with Gasteiger partial charge in [0.1, 0.15) is 0 Å². The molecule has 0 amide bonds. The molecule has 0 radical (unpaired) electrons. The maximum absolute atomic E-state index is 12.1. The number of carbonyl (C=O) groups is 1. The quantitative estimate of drug-likeness (QED) is 0.567. The molecule has 0 spiro atoms. The molecular formula is C12H16N2O5S. The highest BCUT2D eigenvalue weighted by molar-refractivity contribution is 7.89. The van der Waals surface area contributed by atoms with Crippen molar-refractivity contribution < 1.29 is 23.4 Å². The van der Waals surface area contributed by atoms with E-state index in [9.17, 15) is 13.2 Å². The molecule has 8 heteroatoms. The third kappa shape index (κ3) is 3.09. The van der Waals surface area contributed by atoms with Crippen molar-refractivity contribution in [2.24, 2.45) is 5.92 Å². The van der Waals surface area contributed by atoms with Gasteiger partial charge in [-0.25, -0.2) is 17.9 Å². The van der Waals surface area contributed by atoms with E-state index in [2.05, 4.69) is 4.72 Å². The summed E-state index contributed by atoms with van der Waals surface area (Å²) < 4.78 is 26.6. The lowest BCUT2D eigenvalue weighted by Crippen LogP contribution is -2.38. The zero-order chi connectivity index (χ0) is 14.9. The summed E-state index contributed by atoms with van der Waals surface area (Å²) in [5.74, 6) is -1.27. The summed E-state index contributed by atoms with van der Waals surface area (Å²) >= 11 is 0. The second kappa shape index (κ2) is 5.39. The molecular weight excluding hydrogens is 284 g/mol. The van der Waals surface area contributed by atoms with Crippen LogP contribution in [0.2, 0.25) is 0 Å². The van der Waals surface area contributed by atoms with Gasteiger partial charge in [-0.3, -0.25) is 0 Å². The highest BCUT2D eigenvalue weighted by Gasteiger charge is 2.29. The minimum absolute atomic E-state index is 0.0850. The average molecular weight is 300 g/mol. The van der Waals surface area contributed by atoms with Crippen molar-refractivity contribution in [2.75, 3.05) is 12.3 Å². The Hall–Kier alpha value is -1.64. The van der Waals surface area contributed by atoms with Gasteiger partial charge in [0.25, 0.3) is 0 Å². The molecule has 20 heavy (non-hydrogen) atoms. The fraction of sp³-hybridized carbons (Fsp3) is 0.417. The molecule has 1 saturated carbocycles. The van der Waals surface area contributed by atoms with Crippen LogP contribution in [-0.2, 0) is 10.0 Å². The van der Waals surface area contributed by atoms with Gasteiger partial charge in [-0.05, 0) is 37.0 Å². The lowest BCUT2D eigenvalue weighted by molar-refractivity contribution is 0.0453. The van der Waals surface area contributed by atoms with E-state index < -0.39 is 16.0 Å². The second-order valence-corrected chi connectivity index (χ2v) is 6.64. The molecule has 0 aliphatic heterocycles. The molecule has 1 aliphatic rings. The van der Waals surface area contributed by atoms with Crippen molar-refractivity contribution in [3.8, 4) is 0 Å². The summed E-state index contributed by atoms with van der Waals surface area (Å²) in [5.41, 5.74) is 5.30. The van der Waals surface area contributed by atoms with Crippen LogP contribution in [0.5, 0.6) is 0 Å². The molecule has 1 aromatic rings. The Morgan fingerprint density at radius 3 is 2.60 bits per heavy atom. The topological polar surface area (TPSA) is 130 Å². The number of anilines is 1. The van der Waals surface area contributed by atoms with Crippen molar-refractivity contribution in [3.63, 3.8) is 0 Å². The number of hydrogen-bond acceptors (Lipinski definition) is 5. The summed E-state index contributed by atoms with van der Waals surface area (Å²) in [6.45, 7) is 0.183. The van der Waals surface area contributed by atoms with E-state index in [-0.39, 0.29) is 34.7 Å². The minimum atomic E-state index is -3.91. The molecule has 110 valence electrons. The molecule has 0 saturated heterocycles. The van der Waals surface area contributed by atoms with Gasteiger partial charge in [0.2, 0.25) is 10.0 Å². The van der Waals surface area contributed by atoms with Gasteiger partial charge in [0, 0.05) is 12.2 Å². The van der Waals surface area contributed by atoms with Crippen molar-refractivity contribution in [1.29, 1.82) is 0 Å². The van der Waals surface area contributed by atoms with Crippen LogP contribution in [-0.4, -0.2) is 37.2 Å². The number of aromatic carboxylic acids is 1. The number of carboxylic acid groups (broad SMARTS) is 1. The molecule has 0 aromatic heterocycles. The first-order valence-corrected chi connectivity index (χ1v) is 7.58. The number of hydrogen-bond donors (Lipinski definition) is 4. The molecule has 1 aromatic carbocycles. The van der Waals surface area contributed by atoms with Gasteiger partial charge in [-0.15, -0.1) is 0 Å².